The van der Waals surface area contributed by atoms with Crippen LogP contribution in [0.1, 0.15) is 12.5 Å². The monoisotopic (exact) mass is 283 g/mol. The third-order valence-electron chi connectivity index (χ3n) is 3.31. The fourth-order valence-electron chi connectivity index (χ4n) is 2.23. The fourth-order valence-corrected chi connectivity index (χ4v) is 2.23. The van der Waals surface area contributed by atoms with Gasteiger partial charge in [0.15, 0.2) is 17.0 Å². The zero-order valence-electron chi connectivity index (χ0n) is 11.9. The highest BCUT2D eigenvalue weighted by Crippen LogP contribution is 2.22. The lowest BCUT2D eigenvalue weighted by Crippen LogP contribution is -2.07. The molecule has 2 heterocycles. The number of hydrogen-bond donors (Lipinski definition) is 1. The molecule has 0 amide bonds. The number of nitrogen functional groups attached to an aromatic ring is 1. The van der Waals surface area contributed by atoms with Gasteiger partial charge < -0.3 is 10.5 Å². The molecule has 0 aliphatic carbocycles. The predicted molar refractivity (Wildman–Crippen MR) is 81.1 cm³/mol. The molecule has 0 aliphatic heterocycles. The van der Waals surface area contributed by atoms with Crippen molar-refractivity contribution in [1.82, 2.24) is 19.5 Å². The minimum atomic E-state index is 0.375. The molecule has 108 valence electrons. The van der Waals surface area contributed by atoms with Crippen molar-refractivity contribution in [2.75, 3.05) is 12.3 Å². The van der Waals surface area contributed by atoms with E-state index in [9.17, 15) is 0 Å². The average molecular weight is 283 g/mol. The molecule has 2 N–H and O–H groups in total. The number of imidazole rings is 1. The molecular formula is C15H17N5O. The normalized spacial score (nSPS) is 10.9. The summed E-state index contributed by atoms with van der Waals surface area (Å²) in [5.74, 6) is 0.375. The van der Waals surface area contributed by atoms with Crippen LogP contribution in [0.15, 0.2) is 36.7 Å². The molecule has 3 aromatic rings. The maximum absolute atomic E-state index is 5.83. The van der Waals surface area contributed by atoms with E-state index in [1.54, 1.807) is 0 Å². The maximum Gasteiger partial charge on any atom is 0.298 e. The number of nitrogens with two attached hydrogens (primary N) is 1. The Kier molecular flexibility index (Phi) is 3.68. The van der Waals surface area contributed by atoms with Crippen LogP contribution < -0.4 is 10.5 Å². The molecule has 1 aromatic carbocycles. The van der Waals surface area contributed by atoms with E-state index in [4.69, 9.17) is 10.5 Å². The second kappa shape index (κ2) is 5.78. The van der Waals surface area contributed by atoms with Crippen molar-refractivity contribution in [1.29, 1.82) is 0 Å². The van der Waals surface area contributed by atoms with Crippen LogP contribution in [-0.4, -0.2) is 26.1 Å². The Morgan fingerprint density at radius 3 is 2.76 bits per heavy atom. The Morgan fingerprint density at radius 1 is 1.19 bits per heavy atom. The first-order valence-corrected chi connectivity index (χ1v) is 6.93. The lowest BCUT2D eigenvalue weighted by molar-refractivity contribution is 0.284. The molecule has 0 radical (unpaired) electrons. The number of anilines is 1. The Bertz CT molecular complexity index is 738. The van der Waals surface area contributed by atoms with Gasteiger partial charge in [0.2, 0.25) is 0 Å². The number of benzene rings is 1. The number of fused-ring (bicyclic) bond motifs is 1. The summed E-state index contributed by atoms with van der Waals surface area (Å²) < 4.78 is 7.70. The van der Waals surface area contributed by atoms with E-state index in [0.29, 0.717) is 36.1 Å². The summed E-state index contributed by atoms with van der Waals surface area (Å²) in [4.78, 5) is 12.6. The zero-order valence-corrected chi connectivity index (χ0v) is 11.9. The Labute approximate surface area is 122 Å². The molecule has 6 nitrogen and oxygen atoms in total. The summed E-state index contributed by atoms with van der Waals surface area (Å²) in [6.07, 6.45) is 2.27. The van der Waals surface area contributed by atoms with Crippen molar-refractivity contribution in [3.63, 3.8) is 0 Å². The number of ether oxygens (including phenoxy) is 1. The fraction of sp³-hybridized carbons (Fsp3) is 0.267. The van der Waals surface area contributed by atoms with E-state index in [1.165, 1.54) is 11.9 Å². The smallest absolute Gasteiger partial charge is 0.298 e. The molecule has 2 aromatic heterocycles. The summed E-state index contributed by atoms with van der Waals surface area (Å²) in [7, 11) is 0. The third kappa shape index (κ3) is 2.65. The van der Waals surface area contributed by atoms with Crippen LogP contribution in [0, 0.1) is 0 Å². The van der Waals surface area contributed by atoms with Crippen molar-refractivity contribution in [3.8, 4) is 6.01 Å². The number of aryl methyl sites for hydroxylation is 1. The van der Waals surface area contributed by atoms with E-state index >= 15 is 0 Å². The van der Waals surface area contributed by atoms with Crippen molar-refractivity contribution >= 4 is 17.0 Å². The van der Waals surface area contributed by atoms with Gasteiger partial charge in [-0.3, -0.25) is 4.57 Å². The number of aromatic nitrogens is 4. The molecule has 3 rings (SSSR count). The van der Waals surface area contributed by atoms with Crippen LogP contribution in [-0.2, 0) is 13.0 Å². The molecule has 0 saturated heterocycles. The first-order chi connectivity index (χ1) is 10.3. The van der Waals surface area contributed by atoms with Crippen LogP contribution in [0.25, 0.3) is 11.2 Å². The third-order valence-corrected chi connectivity index (χ3v) is 3.31. The maximum atomic E-state index is 5.83. The second-order valence-electron chi connectivity index (χ2n) is 4.65. The molecule has 0 saturated carbocycles. The summed E-state index contributed by atoms with van der Waals surface area (Å²) in [6.45, 7) is 3.29. The van der Waals surface area contributed by atoms with Crippen molar-refractivity contribution < 1.29 is 4.74 Å². The molecule has 0 unspecified atom stereocenters. The van der Waals surface area contributed by atoms with Crippen LogP contribution in [0.5, 0.6) is 6.01 Å². The van der Waals surface area contributed by atoms with Crippen molar-refractivity contribution in [2.45, 2.75) is 19.9 Å². The Hall–Kier alpha value is -2.63. The van der Waals surface area contributed by atoms with Crippen LogP contribution in [0.3, 0.4) is 0 Å². The topological polar surface area (TPSA) is 78.9 Å². The van der Waals surface area contributed by atoms with Crippen LogP contribution in [0.2, 0.25) is 0 Å². The molecule has 0 atom stereocenters. The van der Waals surface area contributed by atoms with E-state index in [1.807, 2.05) is 29.7 Å². The van der Waals surface area contributed by atoms with E-state index in [0.717, 1.165) is 6.42 Å². The highest BCUT2D eigenvalue weighted by molar-refractivity contribution is 5.82. The zero-order chi connectivity index (χ0) is 14.7. The van der Waals surface area contributed by atoms with Gasteiger partial charge in [-0.1, -0.05) is 30.3 Å². The number of rotatable bonds is 5. The quantitative estimate of drug-likeness (QED) is 0.775. The Morgan fingerprint density at radius 2 is 2.00 bits per heavy atom. The van der Waals surface area contributed by atoms with Gasteiger partial charge in [0.25, 0.3) is 6.01 Å². The molecule has 0 fully saturated rings. The van der Waals surface area contributed by atoms with Gasteiger partial charge in [-0.25, -0.2) is 9.97 Å². The van der Waals surface area contributed by atoms with Crippen LogP contribution in [0.4, 0.5) is 5.82 Å². The van der Waals surface area contributed by atoms with Gasteiger partial charge >= 0.3 is 0 Å². The molecular weight excluding hydrogens is 266 g/mol. The summed E-state index contributed by atoms with van der Waals surface area (Å²) in [5.41, 5.74) is 8.36. The standard InChI is InChI=1S/C15H17N5O/c1-2-20-14-12(13(16)17-10-18-14)19-15(20)21-9-8-11-6-4-3-5-7-11/h3-7,10H,2,8-9H2,1H3,(H2,16,17,18). The number of hydrogen-bond acceptors (Lipinski definition) is 5. The SMILES string of the molecule is CCn1c(OCCc2ccccc2)nc2c(N)ncnc21. The van der Waals surface area contributed by atoms with Crippen LogP contribution >= 0.6 is 0 Å². The average Bonchev–Trinajstić information content (AvgIpc) is 2.87. The van der Waals surface area contributed by atoms with Gasteiger partial charge in [-0.2, -0.15) is 4.98 Å². The van der Waals surface area contributed by atoms with Gasteiger partial charge in [0, 0.05) is 13.0 Å². The van der Waals surface area contributed by atoms with E-state index < -0.39 is 0 Å². The Balaban J connectivity index is 1.79. The van der Waals surface area contributed by atoms with Gasteiger partial charge in [-0.05, 0) is 12.5 Å². The summed E-state index contributed by atoms with van der Waals surface area (Å²) in [5, 5.41) is 0. The minimum absolute atomic E-state index is 0.375. The first kappa shape index (κ1) is 13.4. The number of nitrogens with zero attached hydrogens (tertiary/aromatic N) is 4. The molecule has 0 aliphatic rings. The molecule has 6 heteroatoms. The lowest BCUT2D eigenvalue weighted by Gasteiger charge is -2.07. The van der Waals surface area contributed by atoms with Gasteiger partial charge in [-0.15, -0.1) is 0 Å². The lowest BCUT2D eigenvalue weighted by atomic mass is 10.2. The summed E-state index contributed by atoms with van der Waals surface area (Å²) in [6, 6.07) is 10.7. The van der Waals surface area contributed by atoms with E-state index in [-0.39, 0.29) is 0 Å². The summed E-state index contributed by atoms with van der Waals surface area (Å²) >= 11 is 0. The van der Waals surface area contributed by atoms with Crippen molar-refractivity contribution in [2.24, 2.45) is 0 Å². The highest BCUT2D eigenvalue weighted by atomic mass is 16.5. The molecule has 0 bridgehead atoms. The predicted octanol–water partition coefficient (Wildman–Crippen LogP) is 2.05. The first-order valence-electron chi connectivity index (χ1n) is 6.93. The van der Waals surface area contributed by atoms with Crippen molar-refractivity contribution in [3.05, 3.63) is 42.2 Å². The molecule has 21 heavy (non-hydrogen) atoms. The van der Waals surface area contributed by atoms with E-state index in [2.05, 4.69) is 27.1 Å². The highest BCUT2D eigenvalue weighted by Gasteiger charge is 2.14. The second-order valence-corrected chi connectivity index (χ2v) is 4.65. The largest absolute Gasteiger partial charge is 0.464 e. The van der Waals surface area contributed by atoms with Gasteiger partial charge in [0.1, 0.15) is 6.33 Å². The molecule has 0 spiro atoms. The minimum Gasteiger partial charge on any atom is -0.464 e. The van der Waals surface area contributed by atoms with Gasteiger partial charge in [0.05, 0.1) is 6.61 Å².